The normalized spacial score (nSPS) is 27.1. The van der Waals surface area contributed by atoms with Crippen LogP contribution >= 0.6 is 0 Å². The molecule has 0 amide bonds. The second kappa shape index (κ2) is 3.78. The van der Waals surface area contributed by atoms with Gasteiger partial charge in [0.25, 0.3) is 0 Å². The van der Waals surface area contributed by atoms with Gasteiger partial charge in [-0.25, -0.2) is 9.78 Å². The maximum atomic E-state index is 10.9. The van der Waals surface area contributed by atoms with Gasteiger partial charge in [-0.1, -0.05) is 0 Å². The molecule has 1 atom stereocenters. The first-order valence-electron chi connectivity index (χ1n) is 5.66. The van der Waals surface area contributed by atoms with Gasteiger partial charge in [-0.2, -0.15) is 0 Å². The molecular formula is C12H13NO4. The summed E-state index contributed by atoms with van der Waals surface area (Å²) in [4.78, 5) is 14.8. The van der Waals surface area contributed by atoms with Crippen molar-refractivity contribution in [1.29, 1.82) is 0 Å². The second-order valence-electron chi connectivity index (χ2n) is 4.47. The number of rotatable bonds is 1. The standard InChI is InChI=1S/C12H13NO4/c14-11(15)10-4-9-8(5-13-10)6-17-12(9)2-1-3-16-7-12/h4-5H,1-3,6-7H2,(H,14,15). The zero-order valence-corrected chi connectivity index (χ0v) is 9.31. The van der Waals surface area contributed by atoms with E-state index in [1.54, 1.807) is 12.3 Å². The molecular weight excluding hydrogens is 222 g/mol. The number of nitrogens with zero attached hydrogens (tertiary/aromatic N) is 1. The van der Waals surface area contributed by atoms with Crippen LogP contribution in [0, 0.1) is 0 Å². The van der Waals surface area contributed by atoms with E-state index in [2.05, 4.69) is 4.98 Å². The fourth-order valence-electron chi connectivity index (χ4n) is 2.53. The predicted octanol–water partition coefficient (Wildman–Crippen LogP) is 1.32. The van der Waals surface area contributed by atoms with Gasteiger partial charge in [-0.05, 0) is 24.5 Å². The Labute approximate surface area is 98.4 Å². The van der Waals surface area contributed by atoms with Crippen molar-refractivity contribution in [3.8, 4) is 0 Å². The van der Waals surface area contributed by atoms with Gasteiger partial charge in [0.1, 0.15) is 11.3 Å². The Balaban J connectivity index is 2.04. The summed E-state index contributed by atoms with van der Waals surface area (Å²) < 4.78 is 11.3. The van der Waals surface area contributed by atoms with Crippen LogP contribution in [-0.4, -0.2) is 29.3 Å². The summed E-state index contributed by atoms with van der Waals surface area (Å²) in [5.41, 5.74) is 1.53. The highest BCUT2D eigenvalue weighted by Gasteiger charge is 2.42. The lowest BCUT2D eigenvalue weighted by atomic mass is 9.88. The van der Waals surface area contributed by atoms with E-state index in [1.807, 2.05) is 0 Å². The molecule has 1 saturated heterocycles. The van der Waals surface area contributed by atoms with Crippen LogP contribution in [0.3, 0.4) is 0 Å². The molecule has 0 radical (unpaired) electrons. The molecule has 0 aromatic carbocycles. The molecule has 1 aromatic heterocycles. The number of carbonyl (C=O) groups is 1. The van der Waals surface area contributed by atoms with Crippen molar-refractivity contribution in [2.75, 3.05) is 13.2 Å². The summed E-state index contributed by atoms with van der Waals surface area (Å²) >= 11 is 0. The lowest BCUT2D eigenvalue weighted by Gasteiger charge is -2.33. The zero-order valence-electron chi connectivity index (χ0n) is 9.31. The fourth-order valence-corrected chi connectivity index (χ4v) is 2.53. The summed E-state index contributed by atoms with van der Waals surface area (Å²) in [5.74, 6) is -1.01. The minimum atomic E-state index is -1.01. The number of fused-ring (bicyclic) bond motifs is 2. The number of aromatic carboxylic acids is 1. The Morgan fingerprint density at radius 1 is 1.53 bits per heavy atom. The molecule has 0 aliphatic carbocycles. The molecule has 2 aliphatic rings. The second-order valence-corrected chi connectivity index (χ2v) is 4.47. The Morgan fingerprint density at radius 3 is 3.12 bits per heavy atom. The largest absolute Gasteiger partial charge is 0.477 e. The topological polar surface area (TPSA) is 68.7 Å². The molecule has 2 aliphatic heterocycles. The number of ether oxygens (including phenoxy) is 2. The Kier molecular flexibility index (Phi) is 2.38. The Morgan fingerprint density at radius 2 is 2.41 bits per heavy atom. The van der Waals surface area contributed by atoms with Gasteiger partial charge in [0, 0.05) is 18.4 Å². The number of hydrogen-bond donors (Lipinski definition) is 1. The molecule has 1 spiro atoms. The first kappa shape index (κ1) is 10.7. The van der Waals surface area contributed by atoms with Crippen molar-refractivity contribution in [1.82, 2.24) is 4.98 Å². The highest BCUT2D eigenvalue weighted by Crippen LogP contribution is 2.42. The van der Waals surface area contributed by atoms with Crippen LogP contribution in [0.2, 0.25) is 0 Å². The number of aromatic nitrogens is 1. The predicted molar refractivity (Wildman–Crippen MR) is 57.7 cm³/mol. The van der Waals surface area contributed by atoms with Gasteiger partial charge < -0.3 is 14.6 Å². The van der Waals surface area contributed by atoms with Crippen molar-refractivity contribution < 1.29 is 19.4 Å². The summed E-state index contributed by atoms with van der Waals surface area (Å²) in [5, 5.41) is 8.97. The van der Waals surface area contributed by atoms with E-state index >= 15 is 0 Å². The summed E-state index contributed by atoms with van der Waals surface area (Å²) in [6, 6.07) is 1.62. The van der Waals surface area contributed by atoms with Crippen LogP contribution in [0.1, 0.15) is 34.5 Å². The smallest absolute Gasteiger partial charge is 0.354 e. The van der Waals surface area contributed by atoms with Crippen LogP contribution in [0.5, 0.6) is 0 Å². The summed E-state index contributed by atoms with van der Waals surface area (Å²) in [7, 11) is 0. The summed E-state index contributed by atoms with van der Waals surface area (Å²) in [6.07, 6.45) is 3.41. The van der Waals surface area contributed by atoms with Crippen molar-refractivity contribution in [3.63, 3.8) is 0 Å². The van der Waals surface area contributed by atoms with Crippen LogP contribution in [0.4, 0.5) is 0 Å². The maximum absolute atomic E-state index is 10.9. The average molecular weight is 235 g/mol. The van der Waals surface area contributed by atoms with Crippen LogP contribution in [-0.2, 0) is 21.7 Å². The highest BCUT2D eigenvalue weighted by atomic mass is 16.5. The SMILES string of the molecule is O=C(O)c1cc2c(cn1)COC21CCCOC1. The quantitative estimate of drug-likeness (QED) is 0.795. The van der Waals surface area contributed by atoms with Gasteiger partial charge in [0.05, 0.1) is 13.2 Å². The molecule has 17 heavy (non-hydrogen) atoms. The number of hydrogen-bond acceptors (Lipinski definition) is 4. The first-order chi connectivity index (χ1) is 8.21. The van der Waals surface area contributed by atoms with Crippen LogP contribution in [0.15, 0.2) is 12.3 Å². The van der Waals surface area contributed by atoms with Gasteiger partial charge in [0.2, 0.25) is 0 Å². The van der Waals surface area contributed by atoms with Gasteiger partial charge in [-0.3, -0.25) is 0 Å². The van der Waals surface area contributed by atoms with Crippen molar-refractivity contribution in [2.45, 2.75) is 25.0 Å². The summed E-state index contributed by atoms with van der Waals surface area (Å²) in [6.45, 7) is 1.74. The Hall–Kier alpha value is -1.46. The Bertz CT molecular complexity index is 460. The molecule has 3 rings (SSSR count). The molecule has 1 aromatic rings. The van der Waals surface area contributed by atoms with E-state index in [9.17, 15) is 4.79 Å². The van der Waals surface area contributed by atoms with Gasteiger partial charge in [0.15, 0.2) is 0 Å². The van der Waals surface area contributed by atoms with E-state index in [0.717, 1.165) is 30.6 Å². The third kappa shape index (κ3) is 1.62. The van der Waals surface area contributed by atoms with Crippen LogP contribution < -0.4 is 0 Å². The molecule has 90 valence electrons. The van der Waals surface area contributed by atoms with E-state index in [-0.39, 0.29) is 5.69 Å². The van der Waals surface area contributed by atoms with Crippen molar-refractivity contribution >= 4 is 5.97 Å². The van der Waals surface area contributed by atoms with Crippen molar-refractivity contribution in [2.24, 2.45) is 0 Å². The molecule has 1 N–H and O–H groups in total. The monoisotopic (exact) mass is 235 g/mol. The van der Waals surface area contributed by atoms with Gasteiger partial charge >= 0.3 is 5.97 Å². The van der Waals surface area contributed by atoms with Crippen molar-refractivity contribution in [3.05, 3.63) is 29.1 Å². The molecule has 5 nitrogen and oxygen atoms in total. The number of carboxylic acids is 1. The minimum absolute atomic E-state index is 0.0687. The third-order valence-electron chi connectivity index (χ3n) is 3.40. The van der Waals surface area contributed by atoms with Crippen LogP contribution in [0.25, 0.3) is 0 Å². The maximum Gasteiger partial charge on any atom is 0.354 e. The lowest BCUT2D eigenvalue weighted by molar-refractivity contribution is -0.126. The van der Waals surface area contributed by atoms with E-state index in [1.165, 1.54) is 0 Å². The minimum Gasteiger partial charge on any atom is -0.477 e. The number of carboxylic acid groups (broad SMARTS) is 1. The van der Waals surface area contributed by atoms with E-state index in [0.29, 0.717) is 13.2 Å². The first-order valence-corrected chi connectivity index (χ1v) is 5.66. The average Bonchev–Trinajstić information content (AvgIpc) is 2.69. The van der Waals surface area contributed by atoms with E-state index in [4.69, 9.17) is 14.6 Å². The van der Waals surface area contributed by atoms with Gasteiger partial charge in [-0.15, -0.1) is 0 Å². The molecule has 5 heteroatoms. The highest BCUT2D eigenvalue weighted by molar-refractivity contribution is 5.85. The third-order valence-corrected chi connectivity index (χ3v) is 3.40. The molecule has 0 bridgehead atoms. The molecule has 3 heterocycles. The van der Waals surface area contributed by atoms with E-state index < -0.39 is 11.6 Å². The number of pyridine rings is 1. The molecule has 1 fully saturated rings. The molecule has 0 saturated carbocycles. The zero-order chi connectivity index (χ0) is 11.9. The fraction of sp³-hybridized carbons (Fsp3) is 0.500. The molecule has 1 unspecified atom stereocenters. The lowest BCUT2D eigenvalue weighted by Crippen LogP contribution is -2.35.